The Hall–Kier alpha value is -1.59. The Balaban J connectivity index is 2.01. The van der Waals surface area contributed by atoms with Gasteiger partial charge in [0.15, 0.2) is 0 Å². The number of carboxylic acid groups (broad SMARTS) is 1. The van der Waals surface area contributed by atoms with Gasteiger partial charge in [-0.05, 0) is 31.0 Å². The monoisotopic (exact) mass is 278 g/mol. The van der Waals surface area contributed by atoms with Gasteiger partial charge in [0.1, 0.15) is 11.8 Å². The standard InChI is InChI=1S/C15H22N2O3/c1-11(9-12-3-5-13(20-2)6-4-12)17-8-7-16-10-14(17)15(18)19/h3-6,11,14,16H,7-10H2,1-2H3,(H,18,19). The van der Waals surface area contributed by atoms with Gasteiger partial charge in [-0.3, -0.25) is 9.69 Å². The average molecular weight is 278 g/mol. The fourth-order valence-corrected chi connectivity index (χ4v) is 2.70. The van der Waals surface area contributed by atoms with Crippen LogP contribution in [0.1, 0.15) is 12.5 Å². The molecule has 2 N–H and O–H groups in total. The van der Waals surface area contributed by atoms with E-state index >= 15 is 0 Å². The summed E-state index contributed by atoms with van der Waals surface area (Å²) < 4.78 is 5.14. The van der Waals surface area contributed by atoms with Crippen molar-refractivity contribution in [3.05, 3.63) is 29.8 Å². The molecule has 1 fully saturated rings. The number of ether oxygens (including phenoxy) is 1. The van der Waals surface area contributed by atoms with Crippen LogP contribution in [0, 0.1) is 0 Å². The molecule has 2 rings (SSSR count). The molecule has 0 saturated carbocycles. The summed E-state index contributed by atoms with van der Waals surface area (Å²) in [6, 6.07) is 7.72. The van der Waals surface area contributed by atoms with Crippen molar-refractivity contribution in [1.29, 1.82) is 0 Å². The summed E-state index contributed by atoms with van der Waals surface area (Å²) in [4.78, 5) is 13.4. The molecule has 1 heterocycles. The number of carboxylic acids is 1. The highest BCUT2D eigenvalue weighted by Crippen LogP contribution is 2.16. The van der Waals surface area contributed by atoms with E-state index in [1.54, 1.807) is 7.11 Å². The van der Waals surface area contributed by atoms with Crippen LogP contribution < -0.4 is 10.1 Å². The molecule has 1 saturated heterocycles. The van der Waals surface area contributed by atoms with Crippen molar-refractivity contribution in [2.24, 2.45) is 0 Å². The molecule has 110 valence electrons. The summed E-state index contributed by atoms with van der Waals surface area (Å²) in [7, 11) is 1.65. The quantitative estimate of drug-likeness (QED) is 0.841. The molecule has 1 aliphatic rings. The lowest BCUT2D eigenvalue weighted by atomic mass is 10.0. The molecule has 1 aromatic rings. The third kappa shape index (κ3) is 3.49. The molecule has 0 aromatic heterocycles. The Morgan fingerprint density at radius 3 is 2.80 bits per heavy atom. The third-order valence-corrected chi connectivity index (χ3v) is 3.83. The van der Waals surface area contributed by atoms with E-state index in [1.807, 2.05) is 24.3 Å². The zero-order chi connectivity index (χ0) is 14.5. The number of carbonyl (C=O) groups is 1. The molecule has 2 unspecified atom stereocenters. The van der Waals surface area contributed by atoms with Gasteiger partial charge in [0, 0.05) is 25.7 Å². The Bertz CT molecular complexity index is 447. The van der Waals surface area contributed by atoms with E-state index in [0.717, 1.165) is 25.3 Å². The lowest BCUT2D eigenvalue weighted by Gasteiger charge is -2.38. The van der Waals surface area contributed by atoms with E-state index in [2.05, 4.69) is 17.1 Å². The molecule has 1 aromatic carbocycles. The highest BCUT2D eigenvalue weighted by molar-refractivity contribution is 5.74. The number of aliphatic carboxylic acids is 1. The van der Waals surface area contributed by atoms with Gasteiger partial charge in [0.25, 0.3) is 0 Å². The second-order valence-corrected chi connectivity index (χ2v) is 5.20. The molecule has 0 bridgehead atoms. The Kier molecular flexibility index (Phi) is 4.98. The lowest BCUT2D eigenvalue weighted by Crippen LogP contribution is -2.58. The predicted octanol–water partition coefficient (Wildman–Crippen LogP) is 0.985. The maximum atomic E-state index is 11.3. The van der Waals surface area contributed by atoms with Gasteiger partial charge in [0.2, 0.25) is 0 Å². The SMILES string of the molecule is COc1ccc(CC(C)N2CCNCC2C(=O)O)cc1. The maximum Gasteiger partial charge on any atom is 0.322 e. The fraction of sp³-hybridized carbons (Fsp3) is 0.533. The molecular formula is C15H22N2O3. The zero-order valence-corrected chi connectivity index (χ0v) is 12.0. The second-order valence-electron chi connectivity index (χ2n) is 5.20. The molecule has 0 radical (unpaired) electrons. The molecule has 2 atom stereocenters. The molecular weight excluding hydrogens is 256 g/mol. The number of hydrogen-bond donors (Lipinski definition) is 2. The van der Waals surface area contributed by atoms with E-state index in [9.17, 15) is 9.90 Å². The summed E-state index contributed by atoms with van der Waals surface area (Å²) >= 11 is 0. The number of benzene rings is 1. The third-order valence-electron chi connectivity index (χ3n) is 3.83. The van der Waals surface area contributed by atoms with Crippen LogP contribution in [0.25, 0.3) is 0 Å². The first-order chi connectivity index (χ1) is 9.61. The first kappa shape index (κ1) is 14.8. The Morgan fingerprint density at radius 1 is 1.50 bits per heavy atom. The zero-order valence-electron chi connectivity index (χ0n) is 12.0. The largest absolute Gasteiger partial charge is 0.497 e. The second kappa shape index (κ2) is 6.72. The lowest BCUT2D eigenvalue weighted by molar-refractivity contribution is -0.144. The van der Waals surface area contributed by atoms with Crippen molar-refractivity contribution in [2.45, 2.75) is 25.4 Å². The van der Waals surface area contributed by atoms with Crippen molar-refractivity contribution in [3.8, 4) is 5.75 Å². The van der Waals surface area contributed by atoms with Crippen LogP contribution in [0.3, 0.4) is 0 Å². The Labute approximate surface area is 119 Å². The number of nitrogens with one attached hydrogen (secondary N) is 1. The van der Waals surface area contributed by atoms with Crippen molar-refractivity contribution in [1.82, 2.24) is 10.2 Å². The molecule has 1 aliphatic heterocycles. The molecule has 0 spiro atoms. The van der Waals surface area contributed by atoms with Crippen molar-refractivity contribution in [3.63, 3.8) is 0 Å². The number of hydrogen-bond acceptors (Lipinski definition) is 4. The van der Waals surface area contributed by atoms with Gasteiger partial charge in [-0.15, -0.1) is 0 Å². The van der Waals surface area contributed by atoms with Gasteiger partial charge >= 0.3 is 5.97 Å². The van der Waals surface area contributed by atoms with Crippen LogP contribution in [0.15, 0.2) is 24.3 Å². The average Bonchev–Trinajstić information content (AvgIpc) is 2.48. The van der Waals surface area contributed by atoms with E-state index in [0.29, 0.717) is 6.54 Å². The number of rotatable bonds is 5. The summed E-state index contributed by atoms with van der Waals surface area (Å²) in [5.74, 6) is 0.0887. The first-order valence-electron chi connectivity index (χ1n) is 6.94. The maximum absolute atomic E-state index is 11.3. The smallest absolute Gasteiger partial charge is 0.322 e. The highest BCUT2D eigenvalue weighted by atomic mass is 16.5. The topological polar surface area (TPSA) is 61.8 Å². The van der Waals surface area contributed by atoms with Crippen LogP contribution in [0.2, 0.25) is 0 Å². The number of piperazine rings is 1. The number of methoxy groups -OCH3 is 1. The predicted molar refractivity (Wildman–Crippen MR) is 77.2 cm³/mol. The molecule has 0 aliphatic carbocycles. The van der Waals surface area contributed by atoms with Crippen molar-refractivity contribution in [2.75, 3.05) is 26.7 Å². The molecule has 5 nitrogen and oxygen atoms in total. The summed E-state index contributed by atoms with van der Waals surface area (Å²) in [6.07, 6.45) is 0.841. The molecule has 0 amide bonds. The van der Waals surface area contributed by atoms with Crippen LogP contribution in [-0.4, -0.2) is 54.8 Å². The van der Waals surface area contributed by atoms with Crippen LogP contribution >= 0.6 is 0 Å². The fourth-order valence-electron chi connectivity index (χ4n) is 2.70. The van der Waals surface area contributed by atoms with Gasteiger partial charge in [-0.2, -0.15) is 0 Å². The van der Waals surface area contributed by atoms with Crippen LogP contribution in [0.5, 0.6) is 5.75 Å². The minimum atomic E-state index is -0.751. The van der Waals surface area contributed by atoms with Crippen molar-refractivity contribution < 1.29 is 14.6 Å². The normalized spacial score (nSPS) is 21.4. The molecule has 20 heavy (non-hydrogen) atoms. The minimum Gasteiger partial charge on any atom is -0.497 e. The van der Waals surface area contributed by atoms with E-state index < -0.39 is 12.0 Å². The van der Waals surface area contributed by atoms with Crippen LogP contribution in [0.4, 0.5) is 0 Å². The van der Waals surface area contributed by atoms with Gasteiger partial charge in [-0.1, -0.05) is 12.1 Å². The van der Waals surface area contributed by atoms with E-state index in [1.165, 1.54) is 5.56 Å². The summed E-state index contributed by atoms with van der Waals surface area (Å²) in [6.45, 7) is 4.22. The number of nitrogens with zero attached hydrogens (tertiary/aromatic N) is 1. The van der Waals surface area contributed by atoms with E-state index in [4.69, 9.17) is 4.74 Å². The van der Waals surface area contributed by atoms with E-state index in [-0.39, 0.29) is 6.04 Å². The Morgan fingerprint density at radius 2 is 2.20 bits per heavy atom. The summed E-state index contributed by atoms with van der Waals surface area (Å²) in [5, 5.41) is 12.4. The highest BCUT2D eigenvalue weighted by Gasteiger charge is 2.31. The summed E-state index contributed by atoms with van der Waals surface area (Å²) in [5.41, 5.74) is 1.20. The molecule has 5 heteroatoms. The van der Waals surface area contributed by atoms with Crippen LogP contribution in [-0.2, 0) is 11.2 Å². The minimum absolute atomic E-state index is 0.201. The van der Waals surface area contributed by atoms with Gasteiger partial charge in [0.05, 0.1) is 7.11 Å². The van der Waals surface area contributed by atoms with Crippen molar-refractivity contribution >= 4 is 5.97 Å². The van der Waals surface area contributed by atoms with Gasteiger partial charge in [-0.25, -0.2) is 0 Å². The van der Waals surface area contributed by atoms with Gasteiger partial charge < -0.3 is 15.2 Å². The first-order valence-corrected chi connectivity index (χ1v) is 6.94.